The minimum Gasteiger partial charge on any atom is -0.338 e. The monoisotopic (exact) mass is 303 g/mol. The largest absolute Gasteiger partial charge is 0.338 e. The van der Waals surface area contributed by atoms with Crippen LogP contribution in [0.3, 0.4) is 0 Å². The first kappa shape index (κ1) is 12.1. The van der Waals surface area contributed by atoms with Crippen LogP contribution in [0.15, 0.2) is 30.5 Å². The zero-order valence-corrected chi connectivity index (χ0v) is 12.3. The molecule has 1 N–H and O–H groups in total. The highest BCUT2D eigenvalue weighted by Crippen LogP contribution is 2.33. The molecule has 0 spiro atoms. The first-order valence-corrected chi connectivity index (χ1v) is 7.20. The lowest BCUT2D eigenvalue weighted by Gasteiger charge is -1.99. The van der Waals surface area contributed by atoms with Crippen LogP contribution >= 0.6 is 23.2 Å². The van der Waals surface area contributed by atoms with Gasteiger partial charge in [-0.3, -0.25) is 4.40 Å². The third kappa shape index (κ3) is 1.57. The number of aromatic nitrogens is 3. The Bertz CT molecular complexity index is 966. The van der Waals surface area contributed by atoms with E-state index in [1.54, 1.807) is 6.07 Å². The van der Waals surface area contributed by atoms with Gasteiger partial charge in [-0.1, -0.05) is 30.1 Å². The van der Waals surface area contributed by atoms with Gasteiger partial charge >= 0.3 is 0 Å². The lowest BCUT2D eigenvalue weighted by atomic mass is 10.2. The van der Waals surface area contributed by atoms with Crippen LogP contribution in [0.25, 0.3) is 27.7 Å². The fourth-order valence-corrected chi connectivity index (χ4v) is 3.16. The summed E-state index contributed by atoms with van der Waals surface area (Å²) in [6.45, 7) is 2.13. The zero-order chi connectivity index (χ0) is 13.9. The van der Waals surface area contributed by atoms with Crippen LogP contribution in [0.2, 0.25) is 10.0 Å². The van der Waals surface area contributed by atoms with Crippen molar-refractivity contribution in [1.82, 2.24) is 14.4 Å². The molecule has 0 saturated heterocycles. The minimum atomic E-state index is 0.615. The zero-order valence-electron chi connectivity index (χ0n) is 10.7. The molecule has 1 aromatic carbocycles. The van der Waals surface area contributed by atoms with Gasteiger partial charge in [0.2, 0.25) is 0 Å². The van der Waals surface area contributed by atoms with E-state index in [1.807, 2.05) is 16.7 Å². The molecule has 0 amide bonds. The van der Waals surface area contributed by atoms with Crippen LogP contribution in [0.4, 0.5) is 0 Å². The summed E-state index contributed by atoms with van der Waals surface area (Å²) in [6.07, 6.45) is 3.03. The third-order valence-electron chi connectivity index (χ3n) is 3.65. The second-order valence-electron chi connectivity index (χ2n) is 4.86. The molecule has 0 fully saturated rings. The van der Waals surface area contributed by atoms with Crippen LogP contribution in [0.5, 0.6) is 0 Å². The molecule has 0 radical (unpaired) electrons. The van der Waals surface area contributed by atoms with Gasteiger partial charge in [0.15, 0.2) is 0 Å². The summed E-state index contributed by atoms with van der Waals surface area (Å²) in [5.41, 5.74) is 4.93. The van der Waals surface area contributed by atoms with Crippen molar-refractivity contribution >= 4 is 50.9 Å². The van der Waals surface area contributed by atoms with Gasteiger partial charge in [0, 0.05) is 16.6 Å². The SMILES string of the molecule is CCc1ccn2c(c1)nc1c3cc(Cl)cc(Cl)c3[nH]c12. The van der Waals surface area contributed by atoms with E-state index in [4.69, 9.17) is 28.2 Å². The number of pyridine rings is 1. The maximum atomic E-state index is 6.24. The predicted molar refractivity (Wildman–Crippen MR) is 84.0 cm³/mol. The molecular weight excluding hydrogens is 293 g/mol. The molecule has 3 aromatic heterocycles. The van der Waals surface area contributed by atoms with Crippen molar-refractivity contribution in [3.63, 3.8) is 0 Å². The number of nitrogens with one attached hydrogen (secondary N) is 1. The van der Waals surface area contributed by atoms with Gasteiger partial charge in [-0.25, -0.2) is 4.98 Å². The van der Waals surface area contributed by atoms with Gasteiger partial charge in [-0.05, 0) is 36.2 Å². The Morgan fingerprint density at radius 2 is 2.10 bits per heavy atom. The van der Waals surface area contributed by atoms with E-state index in [0.29, 0.717) is 10.0 Å². The fraction of sp³-hybridized carbons (Fsp3) is 0.133. The van der Waals surface area contributed by atoms with Crippen molar-refractivity contribution in [3.8, 4) is 0 Å². The first-order chi connectivity index (χ1) is 9.67. The van der Waals surface area contributed by atoms with E-state index < -0.39 is 0 Å². The normalized spacial score (nSPS) is 11.9. The molecule has 0 saturated carbocycles. The molecule has 3 nitrogen and oxygen atoms in total. The molecule has 4 rings (SSSR count). The summed E-state index contributed by atoms with van der Waals surface area (Å²) in [4.78, 5) is 8.05. The van der Waals surface area contributed by atoms with E-state index in [-0.39, 0.29) is 0 Å². The lowest BCUT2D eigenvalue weighted by Crippen LogP contribution is -1.88. The molecule has 0 aliphatic rings. The predicted octanol–water partition coefficient (Wildman–Crippen LogP) is 4.84. The molecule has 0 bridgehead atoms. The van der Waals surface area contributed by atoms with Crippen LogP contribution in [0.1, 0.15) is 12.5 Å². The van der Waals surface area contributed by atoms with Gasteiger partial charge < -0.3 is 4.98 Å². The molecule has 20 heavy (non-hydrogen) atoms. The smallest absolute Gasteiger partial charge is 0.143 e. The van der Waals surface area contributed by atoms with E-state index in [2.05, 4.69) is 24.0 Å². The number of hydrogen-bond donors (Lipinski definition) is 1. The van der Waals surface area contributed by atoms with E-state index >= 15 is 0 Å². The van der Waals surface area contributed by atoms with Crippen molar-refractivity contribution in [2.75, 3.05) is 0 Å². The Labute approximate surface area is 125 Å². The average molecular weight is 304 g/mol. The van der Waals surface area contributed by atoms with E-state index in [9.17, 15) is 0 Å². The van der Waals surface area contributed by atoms with Crippen molar-refractivity contribution in [1.29, 1.82) is 0 Å². The Morgan fingerprint density at radius 3 is 2.90 bits per heavy atom. The number of aromatic amines is 1. The van der Waals surface area contributed by atoms with Crippen molar-refractivity contribution in [2.45, 2.75) is 13.3 Å². The summed E-state index contributed by atoms with van der Waals surface area (Å²) >= 11 is 12.3. The highest BCUT2D eigenvalue weighted by Gasteiger charge is 2.14. The molecule has 5 heteroatoms. The van der Waals surface area contributed by atoms with Crippen molar-refractivity contribution in [3.05, 3.63) is 46.1 Å². The number of imidazole rings is 1. The molecule has 0 aliphatic heterocycles. The number of nitrogens with zero attached hydrogens (tertiary/aromatic N) is 2. The van der Waals surface area contributed by atoms with E-state index in [0.717, 1.165) is 34.1 Å². The summed E-state index contributed by atoms with van der Waals surface area (Å²) in [7, 11) is 0. The number of hydrogen-bond acceptors (Lipinski definition) is 1. The van der Waals surface area contributed by atoms with E-state index in [1.165, 1.54) is 5.56 Å². The van der Waals surface area contributed by atoms with Gasteiger partial charge in [-0.15, -0.1) is 0 Å². The highest BCUT2D eigenvalue weighted by molar-refractivity contribution is 6.39. The molecule has 0 aliphatic carbocycles. The van der Waals surface area contributed by atoms with Gasteiger partial charge in [0.05, 0.1) is 10.5 Å². The van der Waals surface area contributed by atoms with Crippen LogP contribution in [-0.4, -0.2) is 14.4 Å². The topological polar surface area (TPSA) is 33.1 Å². The van der Waals surface area contributed by atoms with Crippen molar-refractivity contribution in [2.24, 2.45) is 0 Å². The maximum absolute atomic E-state index is 6.24. The Kier molecular flexibility index (Phi) is 2.50. The van der Waals surface area contributed by atoms with Crippen LogP contribution in [0, 0.1) is 0 Å². The van der Waals surface area contributed by atoms with Gasteiger partial charge in [0.25, 0.3) is 0 Å². The molecule has 0 unspecified atom stereocenters. The standard InChI is InChI=1S/C15H11Cl2N3/c1-2-8-3-4-20-12(5-8)18-14-10-6-9(16)7-11(17)13(10)19-15(14)20/h3-7,19H,2H2,1H3. The Hall–Kier alpha value is -1.71. The first-order valence-electron chi connectivity index (χ1n) is 6.45. The summed E-state index contributed by atoms with van der Waals surface area (Å²) in [6, 6.07) is 7.84. The number of benzene rings is 1. The minimum absolute atomic E-state index is 0.615. The second-order valence-corrected chi connectivity index (χ2v) is 5.70. The lowest BCUT2D eigenvalue weighted by molar-refractivity contribution is 1.10. The molecule has 3 heterocycles. The summed E-state index contributed by atoms with van der Waals surface area (Å²) in [5, 5.41) is 2.19. The molecule has 4 aromatic rings. The number of halogens is 2. The Balaban J connectivity index is 2.18. The quantitative estimate of drug-likeness (QED) is 0.536. The molecule has 0 atom stereocenters. The third-order valence-corrected chi connectivity index (χ3v) is 4.17. The number of aryl methyl sites for hydroxylation is 1. The maximum Gasteiger partial charge on any atom is 0.143 e. The fourth-order valence-electron chi connectivity index (χ4n) is 2.62. The second kappa shape index (κ2) is 4.14. The Morgan fingerprint density at radius 1 is 1.25 bits per heavy atom. The summed E-state index contributed by atoms with van der Waals surface area (Å²) < 4.78 is 2.04. The van der Waals surface area contributed by atoms with Gasteiger partial charge in [-0.2, -0.15) is 0 Å². The molecule has 100 valence electrons. The number of rotatable bonds is 1. The van der Waals surface area contributed by atoms with Crippen molar-refractivity contribution < 1.29 is 0 Å². The van der Waals surface area contributed by atoms with Gasteiger partial charge in [0.1, 0.15) is 16.8 Å². The van der Waals surface area contributed by atoms with Crippen LogP contribution in [-0.2, 0) is 6.42 Å². The average Bonchev–Trinajstić information content (AvgIpc) is 2.95. The molecular formula is C15H11Cl2N3. The van der Waals surface area contributed by atoms with Crippen LogP contribution < -0.4 is 0 Å². The number of H-pyrrole nitrogens is 1. The number of fused-ring (bicyclic) bond motifs is 5. The summed E-state index contributed by atoms with van der Waals surface area (Å²) in [5.74, 6) is 0. The highest BCUT2D eigenvalue weighted by atomic mass is 35.5.